The van der Waals surface area contributed by atoms with Crippen molar-refractivity contribution in [3.05, 3.63) is 47.0 Å². The molecule has 1 aromatic carbocycles. The topological polar surface area (TPSA) is 23.8 Å². The smallest absolute Gasteiger partial charge is 0.144 e. The maximum atomic E-state index is 13.9. The van der Waals surface area contributed by atoms with Gasteiger partial charge >= 0.3 is 0 Å². The predicted octanol–water partition coefficient (Wildman–Crippen LogP) is 6.83. The first-order valence-corrected chi connectivity index (χ1v) is 10.2. The Morgan fingerprint density at radius 3 is 2.00 bits per heavy atom. The lowest BCUT2D eigenvalue weighted by molar-refractivity contribution is 0.171. The molecule has 3 rings (SSSR count). The fraction of sp³-hybridized carbons (Fsp3) is 0.609. The molecule has 146 valence electrons. The van der Waals surface area contributed by atoms with E-state index in [1.807, 2.05) is 6.08 Å². The molecular weight excluding hydrogens is 347 g/mol. The molecule has 0 saturated heterocycles. The molecule has 0 aromatic heterocycles. The maximum Gasteiger partial charge on any atom is 0.144 e. The van der Waals surface area contributed by atoms with Crippen LogP contribution in [0.3, 0.4) is 0 Å². The van der Waals surface area contributed by atoms with Crippen LogP contribution < -0.4 is 0 Å². The molecule has 2 aliphatic rings. The number of allylic oxidation sites excluding steroid dienone is 2. The lowest BCUT2D eigenvalue weighted by Gasteiger charge is -2.37. The quantitative estimate of drug-likeness (QED) is 0.517. The van der Waals surface area contributed by atoms with E-state index in [0.717, 1.165) is 31.6 Å². The minimum Gasteiger partial charge on any atom is -0.251 e. The Labute approximate surface area is 160 Å². The number of hydrogen-bond acceptors (Lipinski definition) is 1. The number of hydrogen-bond donors (Lipinski definition) is 0. The third-order valence-electron chi connectivity index (χ3n) is 6.59. The van der Waals surface area contributed by atoms with Crippen molar-refractivity contribution in [3.63, 3.8) is 0 Å². The summed E-state index contributed by atoms with van der Waals surface area (Å²) < 4.78 is 40.0. The van der Waals surface area contributed by atoms with Crippen LogP contribution in [-0.2, 0) is 0 Å². The van der Waals surface area contributed by atoms with Crippen LogP contribution >= 0.6 is 0 Å². The molecule has 0 unspecified atom stereocenters. The van der Waals surface area contributed by atoms with Gasteiger partial charge in [-0.15, -0.1) is 0 Å². The third kappa shape index (κ3) is 4.94. The summed E-state index contributed by atoms with van der Waals surface area (Å²) >= 11 is 0. The highest BCUT2D eigenvalue weighted by Gasteiger charge is 2.31. The number of alkyl halides is 1. The van der Waals surface area contributed by atoms with Gasteiger partial charge in [0.15, 0.2) is 0 Å². The molecular formula is C23H28F3N. The summed E-state index contributed by atoms with van der Waals surface area (Å²) in [4.78, 5) is 0. The SMILES string of the molecule is N#Cc1c(F)cc([C@H]2CC[C@H]([C@H]3CC[C@H](C=CCCF)CC3)CC2)cc1F. The van der Waals surface area contributed by atoms with E-state index >= 15 is 0 Å². The highest BCUT2D eigenvalue weighted by molar-refractivity contribution is 5.36. The second-order valence-corrected chi connectivity index (χ2v) is 8.16. The average Bonchev–Trinajstić information content (AvgIpc) is 2.69. The summed E-state index contributed by atoms with van der Waals surface area (Å²) in [6, 6.07) is 4.29. The van der Waals surface area contributed by atoms with E-state index in [1.54, 1.807) is 6.07 Å². The first-order chi connectivity index (χ1) is 13.1. The molecule has 0 spiro atoms. The summed E-state index contributed by atoms with van der Waals surface area (Å²) in [6.45, 7) is -0.276. The fourth-order valence-corrected chi connectivity index (χ4v) is 5.02. The van der Waals surface area contributed by atoms with Crippen LogP contribution in [0.25, 0.3) is 0 Å². The van der Waals surface area contributed by atoms with Gasteiger partial charge in [-0.25, -0.2) is 8.78 Å². The molecule has 1 aromatic rings. The third-order valence-corrected chi connectivity index (χ3v) is 6.59. The molecule has 4 heteroatoms. The number of halogens is 3. The number of nitrogens with zero attached hydrogens (tertiary/aromatic N) is 1. The van der Waals surface area contributed by atoms with Crippen LogP contribution in [0.2, 0.25) is 0 Å². The van der Waals surface area contributed by atoms with Crippen LogP contribution in [0.5, 0.6) is 0 Å². The van der Waals surface area contributed by atoms with Crippen molar-refractivity contribution in [3.8, 4) is 6.07 Å². The van der Waals surface area contributed by atoms with Gasteiger partial charge in [-0.2, -0.15) is 5.26 Å². The van der Waals surface area contributed by atoms with Gasteiger partial charge in [-0.05, 0) is 99.2 Å². The molecule has 2 saturated carbocycles. The first-order valence-electron chi connectivity index (χ1n) is 10.2. The second-order valence-electron chi connectivity index (χ2n) is 8.16. The number of benzene rings is 1. The van der Waals surface area contributed by atoms with Gasteiger partial charge in [0.1, 0.15) is 23.3 Å². The van der Waals surface area contributed by atoms with Crippen molar-refractivity contribution in [1.29, 1.82) is 5.26 Å². The van der Waals surface area contributed by atoms with Gasteiger partial charge < -0.3 is 0 Å². The molecule has 0 heterocycles. The Bertz CT molecular complexity index is 667. The zero-order valence-corrected chi connectivity index (χ0v) is 15.8. The molecule has 1 nitrogen and oxygen atoms in total. The normalized spacial score (nSPS) is 29.0. The van der Waals surface area contributed by atoms with E-state index in [1.165, 1.54) is 37.8 Å². The van der Waals surface area contributed by atoms with Crippen LogP contribution in [-0.4, -0.2) is 6.67 Å². The fourth-order valence-electron chi connectivity index (χ4n) is 5.02. The van der Waals surface area contributed by atoms with E-state index in [9.17, 15) is 13.2 Å². The van der Waals surface area contributed by atoms with Crippen molar-refractivity contribution in [2.75, 3.05) is 6.67 Å². The molecule has 2 aliphatic carbocycles. The van der Waals surface area contributed by atoms with Crippen molar-refractivity contribution in [1.82, 2.24) is 0 Å². The Morgan fingerprint density at radius 1 is 0.926 bits per heavy atom. The first kappa shape index (κ1) is 20.0. The van der Waals surface area contributed by atoms with E-state index in [0.29, 0.717) is 23.8 Å². The zero-order valence-electron chi connectivity index (χ0n) is 15.8. The number of rotatable bonds is 5. The lowest BCUT2D eigenvalue weighted by Crippen LogP contribution is -2.25. The van der Waals surface area contributed by atoms with Crippen molar-refractivity contribution in [2.24, 2.45) is 17.8 Å². The Morgan fingerprint density at radius 2 is 1.48 bits per heavy atom. The minimum atomic E-state index is -0.742. The van der Waals surface area contributed by atoms with Crippen molar-refractivity contribution in [2.45, 2.75) is 63.7 Å². The van der Waals surface area contributed by atoms with Crippen LogP contribution in [0.15, 0.2) is 24.3 Å². The summed E-state index contributed by atoms with van der Waals surface area (Å²) in [5, 5.41) is 8.81. The van der Waals surface area contributed by atoms with Crippen LogP contribution in [0, 0.1) is 40.7 Å². The predicted molar refractivity (Wildman–Crippen MR) is 101 cm³/mol. The number of nitriles is 1. The van der Waals surface area contributed by atoms with Gasteiger partial charge in [-0.1, -0.05) is 12.2 Å². The zero-order chi connectivity index (χ0) is 19.2. The second kappa shape index (κ2) is 9.44. The van der Waals surface area contributed by atoms with E-state index in [4.69, 9.17) is 5.26 Å². The van der Waals surface area contributed by atoms with E-state index in [-0.39, 0.29) is 12.6 Å². The minimum absolute atomic E-state index is 0.193. The maximum absolute atomic E-state index is 13.9. The molecule has 27 heavy (non-hydrogen) atoms. The Balaban J connectivity index is 1.51. The summed E-state index contributed by atoms with van der Waals surface area (Å²) in [5.74, 6) is 0.783. The average molecular weight is 375 g/mol. The van der Waals surface area contributed by atoms with Crippen LogP contribution in [0.4, 0.5) is 13.2 Å². The molecule has 2 fully saturated rings. The van der Waals surface area contributed by atoms with Crippen LogP contribution in [0.1, 0.15) is 74.8 Å². The van der Waals surface area contributed by atoms with E-state index in [2.05, 4.69) is 6.08 Å². The molecule has 0 amide bonds. The molecule has 0 radical (unpaired) electrons. The van der Waals surface area contributed by atoms with Gasteiger partial charge in [0.25, 0.3) is 0 Å². The van der Waals surface area contributed by atoms with Gasteiger partial charge in [0.2, 0.25) is 0 Å². The largest absolute Gasteiger partial charge is 0.251 e. The lowest BCUT2D eigenvalue weighted by atomic mass is 9.68. The summed E-state index contributed by atoms with van der Waals surface area (Å²) in [6.07, 6.45) is 13.7. The molecule has 0 bridgehead atoms. The van der Waals surface area contributed by atoms with E-state index < -0.39 is 17.2 Å². The molecule has 0 atom stereocenters. The summed E-state index contributed by atoms with van der Waals surface area (Å²) in [5.41, 5.74) is 0.217. The van der Waals surface area contributed by atoms with Crippen molar-refractivity contribution >= 4 is 0 Å². The van der Waals surface area contributed by atoms with Crippen molar-refractivity contribution < 1.29 is 13.2 Å². The standard InChI is InChI=1S/C23H28F3N/c24-12-2-1-3-16-4-6-17(7-5-16)18-8-10-19(11-9-18)20-13-22(25)21(15-27)23(26)14-20/h1,3,13-14,16-19H,2,4-12H2/t16-,17-,18-,19-. The highest BCUT2D eigenvalue weighted by Crippen LogP contribution is 2.44. The van der Waals surface area contributed by atoms with Gasteiger partial charge in [-0.3, -0.25) is 4.39 Å². The molecule has 0 N–H and O–H groups in total. The Kier molecular flexibility index (Phi) is 6.99. The van der Waals surface area contributed by atoms with Gasteiger partial charge in [0.05, 0.1) is 6.67 Å². The summed E-state index contributed by atoms with van der Waals surface area (Å²) in [7, 11) is 0. The monoisotopic (exact) mass is 375 g/mol. The van der Waals surface area contributed by atoms with Gasteiger partial charge in [0, 0.05) is 0 Å². The molecule has 0 aliphatic heterocycles. The highest BCUT2D eigenvalue weighted by atomic mass is 19.1. The Hall–Kier alpha value is -1.76.